The molecule has 0 unspecified atom stereocenters. The molecule has 3 aromatic carbocycles. The van der Waals surface area contributed by atoms with Crippen molar-refractivity contribution in [3.63, 3.8) is 0 Å². The Bertz CT molecular complexity index is 1300. The van der Waals surface area contributed by atoms with E-state index in [1.807, 2.05) is 25.1 Å². The fraction of sp³-hybridized carbons (Fsp3) is 0.0909. The number of aliphatic imine (C=N–C) groups is 1. The molecule has 2 N–H and O–H groups in total. The smallest absolute Gasteiger partial charge is 0.231 e. The summed E-state index contributed by atoms with van der Waals surface area (Å²) in [7, 11) is 1.48. The number of benzene rings is 3. The van der Waals surface area contributed by atoms with Gasteiger partial charge in [0.05, 0.1) is 23.9 Å². The minimum atomic E-state index is -0.0374. The molecule has 1 aromatic heterocycles. The summed E-state index contributed by atoms with van der Waals surface area (Å²) in [5.74, 6) is 0.619. The third-order valence-electron chi connectivity index (χ3n) is 4.51. The number of aryl methyl sites for hydroxylation is 1. The molecule has 0 atom stereocenters. The lowest BCUT2D eigenvalue weighted by molar-refractivity contribution is 0.372. The molecule has 0 fully saturated rings. The SMILES string of the molecule is COc1cc(Br)c(Br)c(C=Nc2ccc(O)c(-c3nc4ccc(C)cc4o3)c2)c1O. The summed E-state index contributed by atoms with van der Waals surface area (Å²) in [4.78, 5) is 8.90. The highest BCUT2D eigenvalue weighted by atomic mass is 79.9. The van der Waals surface area contributed by atoms with Crippen molar-refractivity contribution < 1.29 is 19.4 Å². The average Bonchev–Trinajstić information content (AvgIpc) is 3.14. The van der Waals surface area contributed by atoms with Crippen LogP contribution < -0.4 is 4.74 Å². The van der Waals surface area contributed by atoms with Gasteiger partial charge in [-0.05, 0) is 80.7 Å². The van der Waals surface area contributed by atoms with Gasteiger partial charge in [-0.15, -0.1) is 0 Å². The Labute approximate surface area is 189 Å². The predicted molar refractivity (Wildman–Crippen MR) is 123 cm³/mol. The molecule has 0 aliphatic carbocycles. The molecule has 4 aromatic rings. The molecule has 0 aliphatic heterocycles. The molecule has 0 aliphatic rings. The van der Waals surface area contributed by atoms with E-state index in [9.17, 15) is 10.2 Å². The minimum Gasteiger partial charge on any atom is -0.507 e. The monoisotopic (exact) mass is 530 g/mol. The van der Waals surface area contributed by atoms with Gasteiger partial charge in [0.15, 0.2) is 17.1 Å². The Morgan fingerprint density at radius 1 is 1.10 bits per heavy atom. The van der Waals surface area contributed by atoms with Crippen molar-refractivity contribution in [3.8, 4) is 28.7 Å². The molecular weight excluding hydrogens is 516 g/mol. The summed E-state index contributed by atoms with van der Waals surface area (Å²) in [6.45, 7) is 1.97. The number of aromatic nitrogens is 1. The summed E-state index contributed by atoms with van der Waals surface area (Å²) in [6.07, 6.45) is 1.51. The molecule has 0 saturated heterocycles. The number of phenolic OH excluding ortho intramolecular Hbond substituents is 2. The average molecular weight is 532 g/mol. The zero-order valence-corrected chi connectivity index (χ0v) is 19.2. The van der Waals surface area contributed by atoms with Crippen LogP contribution in [0, 0.1) is 6.92 Å². The molecule has 0 radical (unpaired) electrons. The van der Waals surface area contributed by atoms with E-state index in [0.717, 1.165) is 5.56 Å². The number of aromatic hydroxyl groups is 2. The van der Waals surface area contributed by atoms with Crippen LogP contribution in [0.5, 0.6) is 17.2 Å². The first-order valence-corrected chi connectivity index (χ1v) is 10.5. The standard InChI is InChI=1S/C22H16Br2N2O4/c1-11-3-5-16-18(7-11)30-22(26-16)13-8-12(4-6-17(13)27)25-10-14-20(24)15(23)9-19(29-2)21(14)28/h3-10,27-28H,1-2H3. The molecular formula is C22H16Br2N2O4. The van der Waals surface area contributed by atoms with Gasteiger partial charge in [0, 0.05) is 15.2 Å². The number of oxazole rings is 1. The molecule has 0 amide bonds. The van der Waals surface area contributed by atoms with E-state index in [1.54, 1.807) is 18.2 Å². The lowest BCUT2D eigenvalue weighted by atomic mass is 10.1. The zero-order valence-electron chi connectivity index (χ0n) is 16.0. The van der Waals surface area contributed by atoms with Gasteiger partial charge in [-0.1, -0.05) is 6.07 Å². The zero-order chi connectivity index (χ0) is 21.4. The van der Waals surface area contributed by atoms with Crippen molar-refractivity contribution in [2.24, 2.45) is 4.99 Å². The fourth-order valence-corrected chi connectivity index (χ4v) is 3.77. The van der Waals surface area contributed by atoms with Crippen LogP contribution in [0.25, 0.3) is 22.6 Å². The summed E-state index contributed by atoms with van der Waals surface area (Å²) >= 11 is 6.86. The van der Waals surface area contributed by atoms with E-state index in [2.05, 4.69) is 41.8 Å². The number of methoxy groups -OCH3 is 1. The van der Waals surface area contributed by atoms with Crippen LogP contribution in [0.3, 0.4) is 0 Å². The van der Waals surface area contributed by atoms with Crippen LogP contribution in [-0.2, 0) is 0 Å². The van der Waals surface area contributed by atoms with Gasteiger partial charge in [0.1, 0.15) is 11.3 Å². The molecule has 1 heterocycles. The van der Waals surface area contributed by atoms with Crippen LogP contribution in [0.1, 0.15) is 11.1 Å². The summed E-state index contributed by atoms with van der Waals surface area (Å²) in [5.41, 5.74) is 3.84. The Morgan fingerprint density at radius 2 is 1.90 bits per heavy atom. The number of fused-ring (bicyclic) bond motifs is 1. The van der Waals surface area contributed by atoms with Crippen molar-refractivity contribution in [1.29, 1.82) is 0 Å². The number of hydrogen-bond donors (Lipinski definition) is 2. The lowest BCUT2D eigenvalue weighted by Crippen LogP contribution is -1.92. The van der Waals surface area contributed by atoms with Crippen molar-refractivity contribution >= 4 is 54.9 Å². The second-order valence-electron chi connectivity index (χ2n) is 6.59. The first kappa shape index (κ1) is 20.4. The molecule has 30 heavy (non-hydrogen) atoms. The summed E-state index contributed by atoms with van der Waals surface area (Å²) < 4.78 is 12.4. The Hall–Kier alpha value is -2.84. The van der Waals surface area contributed by atoms with E-state index in [4.69, 9.17) is 9.15 Å². The number of rotatable bonds is 4. The van der Waals surface area contributed by atoms with Crippen molar-refractivity contribution in [2.75, 3.05) is 7.11 Å². The molecule has 152 valence electrons. The van der Waals surface area contributed by atoms with Gasteiger partial charge in [-0.2, -0.15) is 0 Å². The first-order valence-electron chi connectivity index (χ1n) is 8.87. The maximum absolute atomic E-state index is 10.4. The second kappa shape index (κ2) is 8.12. The number of nitrogens with zero attached hydrogens (tertiary/aromatic N) is 2. The molecule has 6 nitrogen and oxygen atoms in total. The van der Waals surface area contributed by atoms with Crippen LogP contribution in [-0.4, -0.2) is 28.5 Å². The Kier molecular flexibility index (Phi) is 5.53. The number of ether oxygens (including phenoxy) is 1. The Balaban J connectivity index is 1.74. The predicted octanol–water partition coefficient (Wildman–Crippen LogP) is 6.50. The molecule has 0 saturated carbocycles. The van der Waals surface area contributed by atoms with E-state index in [-0.39, 0.29) is 11.5 Å². The van der Waals surface area contributed by atoms with Gasteiger partial charge in [-0.25, -0.2) is 4.98 Å². The number of hydrogen-bond acceptors (Lipinski definition) is 6. The minimum absolute atomic E-state index is 0.0328. The number of halogens is 2. The van der Waals surface area contributed by atoms with E-state index < -0.39 is 0 Å². The second-order valence-corrected chi connectivity index (χ2v) is 8.23. The normalized spacial score (nSPS) is 11.5. The quantitative estimate of drug-likeness (QED) is 0.293. The largest absolute Gasteiger partial charge is 0.507 e. The molecule has 0 spiro atoms. The van der Waals surface area contributed by atoms with Crippen molar-refractivity contribution in [3.05, 3.63) is 62.5 Å². The fourth-order valence-electron chi connectivity index (χ4n) is 2.95. The highest BCUT2D eigenvalue weighted by Crippen LogP contribution is 2.40. The van der Waals surface area contributed by atoms with E-state index in [0.29, 0.717) is 48.5 Å². The lowest BCUT2D eigenvalue weighted by Gasteiger charge is -2.09. The van der Waals surface area contributed by atoms with E-state index >= 15 is 0 Å². The van der Waals surface area contributed by atoms with Crippen LogP contribution >= 0.6 is 31.9 Å². The van der Waals surface area contributed by atoms with Crippen LogP contribution in [0.15, 0.2) is 60.8 Å². The highest BCUT2D eigenvalue weighted by Gasteiger charge is 2.15. The third kappa shape index (κ3) is 3.80. The first-order chi connectivity index (χ1) is 14.4. The third-order valence-corrected chi connectivity index (χ3v) is 6.52. The van der Waals surface area contributed by atoms with E-state index in [1.165, 1.54) is 19.4 Å². The van der Waals surface area contributed by atoms with Crippen molar-refractivity contribution in [1.82, 2.24) is 4.98 Å². The maximum Gasteiger partial charge on any atom is 0.231 e. The molecule has 8 heteroatoms. The van der Waals surface area contributed by atoms with Gasteiger partial charge in [0.2, 0.25) is 5.89 Å². The highest BCUT2D eigenvalue weighted by molar-refractivity contribution is 9.13. The topological polar surface area (TPSA) is 88.1 Å². The molecule has 0 bridgehead atoms. The van der Waals surface area contributed by atoms with Crippen molar-refractivity contribution in [2.45, 2.75) is 6.92 Å². The maximum atomic E-state index is 10.4. The van der Waals surface area contributed by atoms with Gasteiger partial charge in [-0.3, -0.25) is 4.99 Å². The Morgan fingerprint density at radius 3 is 2.67 bits per heavy atom. The van der Waals surface area contributed by atoms with Crippen LogP contribution in [0.4, 0.5) is 5.69 Å². The summed E-state index contributed by atoms with van der Waals surface area (Å²) in [6, 6.07) is 12.2. The van der Waals surface area contributed by atoms with Gasteiger partial charge >= 0.3 is 0 Å². The summed E-state index contributed by atoms with van der Waals surface area (Å²) in [5, 5.41) is 20.7. The molecule has 4 rings (SSSR count). The van der Waals surface area contributed by atoms with Gasteiger partial charge in [0.25, 0.3) is 0 Å². The van der Waals surface area contributed by atoms with Crippen LogP contribution in [0.2, 0.25) is 0 Å². The van der Waals surface area contributed by atoms with Gasteiger partial charge < -0.3 is 19.4 Å². The number of phenols is 2.